The molecule has 1 aromatic carbocycles. The van der Waals surface area contributed by atoms with E-state index in [0.717, 1.165) is 0 Å². The summed E-state index contributed by atoms with van der Waals surface area (Å²) in [6.07, 6.45) is -7.00. The Kier molecular flexibility index (Phi) is 3.90. The first-order valence-electron chi connectivity index (χ1n) is 4.52. The second-order valence-corrected chi connectivity index (χ2v) is 3.59. The standard InChI is InChI=1S/C9F12/c10-2-1(3(11)5(13)6(14)4(2)12)7(15,16)8(17,18)9(19,20)21. The second-order valence-electron chi connectivity index (χ2n) is 3.59. The van der Waals surface area contributed by atoms with Gasteiger partial charge in [-0.2, -0.15) is 30.7 Å². The van der Waals surface area contributed by atoms with Crippen LogP contribution in [0.15, 0.2) is 0 Å². The Hall–Kier alpha value is -1.62. The fourth-order valence-electron chi connectivity index (χ4n) is 1.22. The fraction of sp³-hybridized carbons (Fsp3) is 0.333. The molecule has 0 aliphatic carbocycles. The largest absolute Gasteiger partial charge is 0.460 e. The smallest absolute Gasteiger partial charge is 0.203 e. The molecule has 0 aliphatic rings. The topological polar surface area (TPSA) is 0 Å². The van der Waals surface area contributed by atoms with Crippen molar-refractivity contribution in [3.05, 3.63) is 34.6 Å². The minimum atomic E-state index is -7.07. The van der Waals surface area contributed by atoms with Crippen LogP contribution in [0, 0.1) is 29.1 Å². The number of alkyl halides is 7. The van der Waals surface area contributed by atoms with Gasteiger partial charge in [-0.15, -0.1) is 0 Å². The van der Waals surface area contributed by atoms with Crippen molar-refractivity contribution in [2.75, 3.05) is 0 Å². The summed E-state index contributed by atoms with van der Waals surface area (Å²) in [4.78, 5) is 0. The molecule has 0 N–H and O–H groups in total. The van der Waals surface area contributed by atoms with Gasteiger partial charge in [-0.05, 0) is 0 Å². The Morgan fingerprint density at radius 3 is 1.05 bits per heavy atom. The van der Waals surface area contributed by atoms with Crippen LogP contribution in [0.2, 0.25) is 0 Å². The van der Waals surface area contributed by atoms with Crippen molar-refractivity contribution in [3.63, 3.8) is 0 Å². The Balaban J connectivity index is 3.76. The van der Waals surface area contributed by atoms with Crippen molar-refractivity contribution in [1.82, 2.24) is 0 Å². The molecule has 0 unspecified atom stereocenters. The van der Waals surface area contributed by atoms with Gasteiger partial charge in [-0.3, -0.25) is 0 Å². The van der Waals surface area contributed by atoms with Gasteiger partial charge in [-0.25, -0.2) is 22.0 Å². The number of hydrogen-bond acceptors (Lipinski definition) is 0. The first-order chi connectivity index (χ1) is 9.18. The molecule has 0 heterocycles. The highest BCUT2D eigenvalue weighted by molar-refractivity contribution is 5.30. The zero-order valence-corrected chi connectivity index (χ0v) is 9.04. The third kappa shape index (κ3) is 2.29. The summed E-state index contributed by atoms with van der Waals surface area (Å²) in [6, 6.07) is 0. The van der Waals surface area contributed by atoms with E-state index >= 15 is 0 Å². The van der Waals surface area contributed by atoms with E-state index in [-0.39, 0.29) is 0 Å². The number of hydrogen-bond donors (Lipinski definition) is 0. The molecule has 0 atom stereocenters. The number of benzene rings is 1. The second kappa shape index (κ2) is 4.70. The maximum Gasteiger partial charge on any atom is 0.460 e. The molecule has 12 heteroatoms. The van der Waals surface area contributed by atoms with Gasteiger partial charge in [0.15, 0.2) is 23.3 Å². The van der Waals surface area contributed by atoms with E-state index in [1.807, 2.05) is 0 Å². The molecule has 0 radical (unpaired) electrons. The van der Waals surface area contributed by atoms with Gasteiger partial charge in [0.1, 0.15) is 5.56 Å². The minimum Gasteiger partial charge on any atom is -0.203 e. The van der Waals surface area contributed by atoms with Crippen LogP contribution < -0.4 is 0 Å². The molecule has 120 valence electrons. The molecule has 0 nitrogen and oxygen atoms in total. The highest BCUT2D eigenvalue weighted by Gasteiger charge is 2.75. The zero-order chi connectivity index (χ0) is 17.0. The Bertz CT molecular complexity index is 540. The summed E-state index contributed by atoms with van der Waals surface area (Å²) in [5.41, 5.74) is -3.57. The van der Waals surface area contributed by atoms with Crippen LogP contribution in [0.5, 0.6) is 0 Å². The van der Waals surface area contributed by atoms with Crippen molar-refractivity contribution >= 4 is 0 Å². The van der Waals surface area contributed by atoms with Gasteiger partial charge in [0, 0.05) is 0 Å². The molecular weight excluding hydrogens is 336 g/mol. The van der Waals surface area contributed by atoms with Crippen molar-refractivity contribution in [2.45, 2.75) is 18.0 Å². The Labute approximate surface area is 107 Å². The van der Waals surface area contributed by atoms with Gasteiger partial charge in [0.2, 0.25) is 5.82 Å². The van der Waals surface area contributed by atoms with Crippen molar-refractivity contribution in [3.8, 4) is 0 Å². The number of halogens is 12. The van der Waals surface area contributed by atoms with E-state index in [1.54, 1.807) is 0 Å². The predicted molar refractivity (Wildman–Crippen MR) is 41.1 cm³/mol. The summed E-state index contributed by atoms with van der Waals surface area (Å²) in [5, 5.41) is 0. The van der Waals surface area contributed by atoms with Crippen LogP contribution in [-0.4, -0.2) is 12.1 Å². The summed E-state index contributed by atoms with van der Waals surface area (Å²) < 4.78 is 150. The van der Waals surface area contributed by atoms with Gasteiger partial charge >= 0.3 is 18.0 Å². The molecule has 0 aliphatic heterocycles. The van der Waals surface area contributed by atoms with Crippen LogP contribution >= 0.6 is 0 Å². The van der Waals surface area contributed by atoms with Crippen LogP contribution in [0.1, 0.15) is 5.56 Å². The van der Waals surface area contributed by atoms with Gasteiger partial charge in [0.05, 0.1) is 0 Å². The highest BCUT2D eigenvalue weighted by Crippen LogP contribution is 2.53. The molecule has 0 spiro atoms. The molecule has 0 aromatic heterocycles. The molecule has 1 aromatic rings. The highest BCUT2D eigenvalue weighted by atomic mass is 19.4. The lowest BCUT2D eigenvalue weighted by molar-refractivity contribution is -0.360. The summed E-state index contributed by atoms with van der Waals surface area (Å²) in [5.74, 6) is -29.9. The van der Waals surface area contributed by atoms with Crippen LogP contribution in [0.4, 0.5) is 52.7 Å². The van der Waals surface area contributed by atoms with E-state index in [4.69, 9.17) is 0 Å². The SMILES string of the molecule is Fc1c(F)c(F)c(C(F)(F)C(F)(F)C(F)(F)F)c(F)c1F. The third-order valence-electron chi connectivity index (χ3n) is 2.27. The maximum absolute atomic E-state index is 13.0. The van der Waals surface area contributed by atoms with E-state index in [0.29, 0.717) is 0 Å². The maximum atomic E-state index is 13.0. The quantitative estimate of drug-likeness (QED) is 0.418. The fourth-order valence-corrected chi connectivity index (χ4v) is 1.22. The summed E-state index contributed by atoms with van der Waals surface area (Å²) in [7, 11) is 0. The molecule has 1 rings (SSSR count). The van der Waals surface area contributed by atoms with E-state index < -0.39 is 52.7 Å². The first kappa shape index (κ1) is 17.4. The van der Waals surface area contributed by atoms with Gasteiger partial charge < -0.3 is 0 Å². The van der Waals surface area contributed by atoms with Crippen LogP contribution in [0.25, 0.3) is 0 Å². The normalized spacial score (nSPS) is 13.7. The van der Waals surface area contributed by atoms with E-state index in [1.165, 1.54) is 0 Å². The Morgan fingerprint density at radius 2 is 0.762 bits per heavy atom. The molecule has 0 fully saturated rings. The molecule has 0 saturated carbocycles. The predicted octanol–water partition coefficient (Wildman–Crippen LogP) is 4.67. The van der Waals surface area contributed by atoms with Crippen molar-refractivity contribution < 1.29 is 52.7 Å². The lowest BCUT2D eigenvalue weighted by Crippen LogP contribution is -2.51. The van der Waals surface area contributed by atoms with E-state index in [9.17, 15) is 52.7 Å². The molecular formula is C9F12. The monoisotopic (exact) mass is 336 g/mol. The zero-order valence-electron chi connectivity index (χ0n) is 9.04. The molecule has 0 saturated heterocycles. The Morgan fingerprint density at radius 1 is 0.476 bits per heavy atom. The number of rotatable bonds is 2. The third-order valence-corrected chi connectivity index (χ3v) is 2.27. The van der Waals surface area contributed by atoms with Crippen LogP contribution in [-0.2, 0) is 5.92 Å². The lowest BCUT2D eigenvalue weighted by Gasteiger charge is -2.28. The van der Waals surface area contributed by atoms with Crippen molar-refractivity contribution in [2.24, 2.45) is 0 Å². The lowest BCUT2D eigenvalue weighted by atomic mass is 9.99. The molecule has 0 bridgehead atoms. The average molecular weight is 336 g/mol. The summed E-state index contributed by atoms with van der Waals surface area (Å²) >= 11 is 0. The van der Waals surface area contributed by atoms with Crippen molar-refractivity contribution in [1.29, 1.82) is 0 Å². The average Bonchev–Trinajstić information content (AvgIpc) is 2.32. The summed E-state index contributed by atoms with van der Waals surface area (Å²) in [6.45, 7) is 0. The minimum absolute atomic E-state index is 2.99. The van der Waals surface area contributed by atoms with Gasteiger partial charge in [-0.1, -0.05) is 0 Å². The van der Waals surface area contributed by atoms with Gasteiger partial charge in [0.25, 0.3) is 0 Å². The van der Waals surface area contributed by atoms with Crippen LogP contribution in [0.3, 0.4) is 0 Å². The molecule has 0 amide bonds. The van der Waals surface area contributed by atoms with E-state index in [2.05, 4.69) is 0 Å². The first-order valence-corrected chi connectivity index (χ1v) is 4.52. The molecule has 21 heavy (non-hydrogen) atoms.